The van der Waals surface area contributed by atoms with Gasteiger partial charge in [-0.3, -0.25) is 15.4 Å². The van der Waals surface area contributed by atoms with Gasteiger partial charge in [0.2, 0.25) is 0 Å². The summed E-state index contributed by atoms with van der Waals surface area (Å²) < 4.78 is 4.83. The summed E-state index contributed by atoms with van der Waals surface area (Å²) in [5, 5.41) is 13.0. The number of rotatable bonds is 3. The van der Waals surface area contributed by atoms with E-state index in [-0.39, 0.29) is 22.5 Å². The van der Waals surface area contributed by atoms with Crippen LogP contribution in [0.5, 0.6) is 0 Å². The lowest BCUT2D eigenvalue weighted by Crippen LogP contribution is -2.17. The zero-order chi connectivity index (χ0) is 13.0. The molecule has 1 N–H and O–H groups in total. The van der Waals surface area contributed by atoms with Crippen molar-refractivity contribution in [3.8, 4) is 0 Å². The van der Waals surface area contributed by atoms with Gasteiger partial charge in [0.05, 0.1) is 16.7 Å². The van der Waals surface area contributed by atoms with Gasteiger partial charge in [-0.15, -0.1) is 0 Å². The molecule has 1 aromatic rings. The number of halogens is 1. The molecule has 0 aromatic heterocycles. The van der Waals surface area contributed by atoms with E-state index in [9.17, 15) is 14.9 Å². The minimum absolute atomic E-state index is 0.0118. The molecule has 0 heterocycles. The topological polar surface area (TPSA) is 81.5 Å². The first kappa shape index (κ1) is 13.2. The van der Waals surface area contributed by atoms with Gasteiger partial charge in [-0.1, -0.05) is 11.6 Å². The number of nitrogens with one attached hydrogen (secondary N) is 1. The normalized spacial score (nSPS) is 10.1. The van der Waals surface area contributed by atoms with Crippen LogP contribution >= 0.6 is 11.6 Å². The van der Waals surface area contributed by atoms with Crippen molar-refractivity contribution in [3.05, 3.63) is 33.3 Å². The van der Waals surface area contributed by atoms with Crippen molar-refractivity contribution >= 4 is 29.1 Å². The highest BCUT2D eigenvalue weighted by Crippen LogP contribution is 2.27. The Morgan fingerprint density at radius 2 is 2.18 bits per heavy atom. The zero-order valence-corrected chi connectivity index (χ0v) is 10.0. The molecule has 6 nitrogen and oxygen atoms in total. The monoisotopic (exact) mass is 258 g/mol. The Labute approximate surface area is 103 Å². The van der Waals surface area contributed by atoms with Crippen LogP contribution in [-0.2, 0) is 4.74 Å². The number of carbonyl (C=O) groups is 1. The molecule has 1 amide bonds. The molecule has 0 aliphatic heterocycles. The Morgan fingerprint density at radius 3 is 2.71 bits per heavy atom. The Kier molecular flexibility index (Phi) is 4.28. The van der Waals surface area contributed by atoms with Crippen LogP contribution in [-0.4, -0.2) is 17.1 Å². The van der Waals surface area contributed by atoms with Gasteiger partial charge in [-0.05, 0) is 26.0 Å². The third kappa shape index (κ3) is 3.92. The molecule has 7 heteroatoms. The maximum atomic E-state index is 11.3. The zero-order valence-electron chi connectivity index (χ0n) is 9.27. The highest BCUT2D eigenvalue weighted by atomic mass is 35.5. The molecule has 0 unspecified atom stereocenters. The van der Waals surface area contributed by atoms with E-state index in [2.05, 4.69) is 5.32 Å². The van der Waals surface area contributed by atoms with E-state index < -0.39 is 11.0 Å². The molecule has 0 aliphatic carbocycles. The molecule has 0 saturated heterocycles. The van der Waals surface area contributed by atoms with Crippen molar-refractivity contribution in [1.82, 2.24) is 0 Å². The number of benzene rings is 1. The number of anilines is 1. The minimum atomic E-state index is -0.670. The molecular weight excluding hydrogens is 248 g/mol. The maximum absolute atomic E-state index is 11.3. The number of nitro benzene ring substituents is 1. The summed E-state index contributed by atoms with van der Waals surface area (Å²) in [6.45, 7) is 3.40. The third-order valence-electron chi connectivity index (χ3n) is 1.73. The SMILES string of the molecule is CC(C)OC(=O)Nc1ccc(Cl)c([N+](=O)[O-])c1. The molecule has 92 valence electrons. The maximum Gasteiger partial charge on any atom is 0.411 e. The second-order valence-electron chi connectivity index (χ2n) is 3.50. The molecule has 0 atom stereocenters. The van der Waals surface area contributed by atoms with Gasteiger partial charge in [-0.25, -0.2) is 4.79 Å². The third-order valence-corrected chi connectivity index (χ3v) is 2.05. The molecule has 0 spiro atoms. The van der Waals surface area contributed by atoms with Crippen molar-refractivity contribution in [2.24, 2.45) is 0 Å². The number of nitrogens with zero attached hydrogens (tertiary/aromatic N) is 1. The van der Waals surface area contributed by atoms with E-state index in [0.29, 0.717) is 0 Å². The van der Waals surface area contributed by atoms with Gasteiger partial charge >= 0.3 is 6.09 Å². The lowest BCUT2D eigenvalue weighted by atomic mass is 10.3. The molecule has 0 radical (unpaired) electrons. The Balaban J connectivity index is 2.82. The number of amides is 1. The molecular formula is C10H11ClN2O4. The lowest BCUT2D eigenvalue weighted by Gasteiger charge is -2.09. The van der Waals surface area contributed by atoms with Gasteiger partial charge in [0.15, 0.2) is 0 Å². The molecule has 17 heavy (non-hydrogen) atoms. The summed E-state index contributed by atoms with van der Waals surface area (Å²) in [7, 11) is 0. The van der Waals surface area contributed by atoms with Gasteiger partial charge in [0, 0.05) is 6.07 Å². The molecule has 0 bridgehead atoms. The van der Waals surface area contributed by atoms with Crippen LogP contribution < -0.4 is 5.32 Å². The van der Waals surface area contributed by atoms with E-state index in [0.717, 1.165) is 0 Å². The van der Waals surface area contributed by atoms with Gasteiger partial charge in [0.25, 0.3) is 5.69 Å². The first-order valence-corrected chi connectivity index (χ1v) is 5.19. The number of carbonyl (C=O) groups excluding carboxylic acids is 1. The van der Waals surface area contributed by atoms with E-state index >= 15 is 0 Å². The van der Waals surface area contributed by atoms with Crippen molar-refractivity contribution in [1.29, 1.82) is 0 Å². The van der Waals surface area contributed by atoms with Gasteiger partial charge in [0.1, 0.15) is 5.02 Å². The van der Waals surface area contributed by atoms with E-state index in [1.165, 1.54) is 18.2 Å². The molecule has 0 fully saturated rings. The van der Waals surface area contributed by atoms with Crippen molar-refractivity contribution < 1.29 is 14.5 Å². The first-order valence-electron chi connectivity index (χ1n) is 4.81. The quantitative estimate of drug-likeness (QED) is 0.667. The first-order chi connectivity index (χ1) is 7.90. The Hall–Kier alpha value is -1.82. The average molecular weight is 259 g/mol. The predicted molar refractivity (Wildman–Crippen MR) is 63.3 cm³/mol. The minimum Gasteiger partial charge on any atom is -0.447 e. The molecule has 0 aliphatic rings. The van der Waals surface area contributed by atoms with E-state index in [4.69, 9.17) is 16.3 Å². The standard InChI is InChI=1S/C10H11ClN2O4/c1-6(2)17-10(14)12-7-3-4-8(11)9(5-7)13(15)16/h3-6H,1-2H3,(H,12,14). The number of ether oxygens (including phenoxy) is 1. The van der Waals surface area contributed by atoms with Crippen molar-refractivity contribution in [2.45, 2.75) is 20.0 Å². The fraction of sp³-hybridized carbons (Fsp3) is 0.300. The highest BCUT2D eigenvalue weighted by molar-refractivity contribution is 6.32. The predicted octanol–water partition coefficient (Wildman–Crippen LogP) is 3.21. The van der Waals surface area contributed by atoms with Crippen LogP contribution in [0.4, 0.5) is 16.2 Å². The Morgan fingerprint density at radius 1 is 1.53 bits per heavy atom. The second kappa shape index (κ2) is 5.49. The highest BCUT2D eigenvalue weighted by Gasteiger charge is 2.14. The summed E-state index contributed by atoms with van der Waals surface area (Å²) in [5.74, 6) is 0. The van der Waals surface area contributed by atoms with Gasteiger partial charge < -0.3 is 4.74 Å². The van der Waals surface area contributed by atoms with Crippen molar-refractivity contribution in [2.75, 3.05) is 5.32 Å². The molecule has 0 saturated carbocycles. The van der Waals surface area contributed by atoms with Crippen LogP contribution in [0, 0.1) is 10.1 Å². The summed E-state index contributed by atoms with van der Waals surface area (Å²) in [5.41, 5.74) is -0.0132. The summed E-state index contributed by atoms with van der Waals surface area (Å²) in [6, 6.07) is 3.96. The smallest absolute Gasteiger partial charge is 0.411 e. The summed E-state index contributed by atoms with van der Waals surface area (Å²) >= 11 is 5.63. The van der Waals surface area contributed by atoms with Crippen LogP contribution in [0.3, 0.4) is 0 Å². The van der Waals surface area contributed by atoms with E-state index in [1.54, 1.807) is 13.8 Å². The van der Waals surface area contributed by atoms with E-state index in [1.807, 2.05) is 0 Å². The number of hydrogen-bond acceptors (Lipinski definition) is 4. The van der Waals surface area contributed by atoms with Crippen LogP contribution in [0.25, 0.3) is 0 Å². The van der Waals surface area contributed by atoms with Crippen LogP contribution in [0.1, 0.15) is 13.8 Å². The second-order valence-corrected chi connectivity index (χ2v) is 3.91. The molecule has 1 rings (SSSR count). The van der Waals surface area contributed by atoms with Crippen LogP contribution in [0.2, 0.25) is 5.02 Å². The number of hydrogen-bond donors (Lipinski definition) is 1. The summed E-state index contributed by atoms with van der Waals surface area (Å²) in [6.07, 6.45) is -0.936. The fourth-order valence-electron chi connectivity index (χ4n) is 1.09. The van der Waals surface area contributed by atoms with Crippen LogP contribution in [0.15, 0.2) is 18.2 Å². The Bertz CT molecular complexity index is 448. The molecule has 1 aromatic carbocycles. The largest absolute Gasteiger partial charge is 0.447 e. The number of nitro groups is 1. The average Bonchev–Trinajstić information content (AvgIpc) is 2.19. The fourth-order valence-corrected chi connectivity index (χ4v) is 1.28. The lowest BCUT2D eigenvalue weighted by molar-refractivity contribution is -0.384. The summed E-state index contributed by atoms with van der Waals surface area (Å²) in [4.78, 5) is 21.2. The van der Waals surface area contributed by atoms with Gasteiger partial charge in [-0.2, -0.15) is 0 Å². The van der Waals surface area contributed by atoms with Crippen molar-refractivity contribution in [3.63, 3.8) is 0 Å².